The van der Waals surface area contributed by atoms with E-state index in [9.17, 15) is 18.0 Å². The van der Waals surface area contributed by atoms with Crippen LogP contribution >= 0.6 is 11.8 Å². The van der Waals surface area contributed by atoms with Crippen LogP contribution in [0.5, 0.6) is 0 Å². The first-order chi connectivity index (χ1) is 10.8. The fraction of sp³-hybridized carbons (Fsp3) is 0.235. The lowest BCUT2D eigenvalue weighted by Crippen LogP contribution is -2.26. The summed E-state index contributed by atoms with van der Waals surface area (Å²) in [6.07, 6.45) is -2.50. The van der Waals surface area contributed by atoms with Gasteiger partial charge in [0.25, 0.3) is 5.91 Å². The zero-order chi connectivity index (χ0) is 17.0. The van der Waals surface area contributed by atoms with Crippen molar-refractivity contribution < 1.29 is 18.0 Å². The standard InChI is InChI=1S/C17H16F3NOS/c1-11(12-6-8-15(23-2)9-7-12)21-16(22)13-4-3-5-14(10-13)17(18,19)20/h3-11H,1-2H3,(H,21,22)/t11-/m0/s1. The van der Waals surface area contributed by atoms with E-state index in [0.717, 1.165) is 22.6 Å². The summed E-state index contributed by atoms with van der Waals surface area (Å²) in [6.45, 7) is 1.79. The maximum absolute atomic E-state index is 12.7. The zero-order valence-corrected chi connectivity index (χ0v) is 13.5. The summed E-state index contributed by atoms with van der Waals surface area (Å²) in [7, 11) is 0. The predicted molar refractivity (Wildman–Crippen MR) is 85.5 cm³/mol. The minimum atomic E-state index is -4.46. The number of thioether (sulfide) groups is 1. The van der Waals surface area contributed by atoms with Crippen LogP contribution in [0.4, 0.5) is 13.2 Å². The Kier molecular flexibility index (Phi) is 5.36. The highest BCUT2D eigenvalue weighted by Gasteiger charge is 2.30. The van der Waals surface area contributed by atoms with Gasteiger partial charge in [-0.25, -0.2) is 0 Å². The highest BCUT2D eigenvalue weighted by atomic mass is 32.2. The quantitative estimate of drug-likeness (QED) is 0.801. The van der Waals surface area contributed by atoms with Gasteiger partial charge in [-0.15, -0.1) is 11.8 Å². The molecule has 2 aromatic rings. The molecule has 1 atom stereocenters. The molecule has 0 aliphatic rings. The Bertz CT molecular complexity index is 683. The van der Waals surface area contributed by atoms with Gasteiger partial charge in [-0.05, 0) is 49.1 Å². The Labute approximate surface area is 137 Å². The Hall–Kier alpha value is -1.95. The number of hydrogen-bond donors (Lipinski definition) is 1. The number of carbonyl (C=O) groups excluding carboxylic acids is 1. The molecule has 6 heteroatoms. The zero-order valence-electron chi connectivity index (χ0n) is 12.6. The van der Waals surface area contributed by atoms with Gasteiger partial charge in [0.1, 0.15) is 0 Å². The minimum Gasteiger partial charge on any atom is -0.346 e. The van der Waals surface area contributed by atoms with Gasteiger partial charge in [-0.2, -0.15) is 13.2 Å². The van der Waals surface area contributed by atoms with E-state index in [1.54, 1.807) is 18.7 Å². The lowest BCUT2D eigenvalue weighted by atomic mass is 10.1. The van der Waals surface area contributed by atoms with Crippen LogP contribution in [-0.2, 0) is 6.18 Å². The second kappa shape index (κ2) is 7.08. The van der Waals surface area contributed by atoms with Gasteiger partial charge in [-0.1, -0.05) is 18.2 Å². The van der Waals surface area contributed by atoms with Gasteiger partial charge in [-0.3, -0.25) is 4.79 Å². The van der Waals surface area contributed by atoms with Gasteiger partial charge in [0.15, 0.2) is 0 Å². The topological polar surface area (TPSA) is 29.1 Å². The van der Waals surface area contributed by atoms with E-state index in [1.807, 2.05) is 30.5 Å². The maximum atomic E-state index is 12.7. The number of hydrogen-bond acceptors (Lipinski definition) is 2. The molecule has 0 saturated carbocycles. The van der Waals surface area contributed by atoms with Crippen molar-refractivity contribution in [1.29, 1.82) is 0 Å². The molecule has 0 heterocycles. The number of amides is 1. The molecule has 1 amide bonds. The van der Waals surface area contributed by atoms with E-state index in [4.69, 9.17) is 0 Å². The van der Waals surface area contributed by atoms with Gasteiger partial charge in [0, 0.05) is 10.5 Å². The van der Waals surface area contributed by atoms with Crippen LogP contribution < -0.4 is 5.32 Å². The van der Waals surface area contributed by atoms with Crippen LogP contribution in [0.1, 0.15) is 34.5 Å². The maximum Gasteiger partial charge on any atom is 0.416 e. The smallest absolute Gasteiger partial charge is 0.346 e. The molecular weight excluding hydrogens is 323 g/mol. The number of carbonyl (C=O) groups is 1. The molecule has 0 bridgehead atoms. The van der Waals surface area contributed by atoms with E-state index in [2.05, 4.69) is 5.32 Å². The van der Waals surface area contributed by atoms with Gasteiger partial charge in [0.2, 0.25) is 0 Å². The molecule has 2 aromatic carbocycles. The highest BCUT2D eigenvalue weighted by Crippen LogP contribution is 2.29. The molecule has 0 spiro atoms. The number of nitrogens with one attached hydrogen (secondary N) is 1. The van der Waals surface area contributed by atoms with Crippen molar-refractivity contribution in [3.05, 3.63) is 65.2 Å². The summed E-state index contributed by atoms with van der Waals surface area (Å²) in [5, 5.41) is 2.72. The fourth-order valence-electron chi connectivity index (χ4n) is 2.09. The average molecular weight is 339 g/mol. The SMILES string of the molecule is CSc1ccc([C@H](C)NC(=O)c2cccc(C(F)(F)F)c2)cc1. The first kappa shape index (κ1) is 17.4. The Morgan fingerprint density at radius 1 is 1.13 bits per heavy atom. The van der Waals surface area contributed by atoms with Gasteiger partial charge >= 0.3 is 6.18 Å². The molecule has 0 saturated heterocycles. The lowest BCUT2D eigenvalue weighted by molar-refractivity contribution is -0.137. The molecule has 0 radical (unpaired) electrons. The van der Waals surface area contributed by atoms with E-state index >= 15 is 0 Å². The van der Waals surface area contributed by atoms with E-state index < -0.39 is 17.6 Å². The van der Waals surface area contributed by atoms with E-state index in [0.29, 0.717) is 0 Å². The number of halogens is 3. The van der Waals surface area contributed by atoms with Crippen molar-refractivity contribution in [3.63, 3.8) is 0 Å². The summed E-state index contributed by atoms with van der Waals surface area (Å²) in [5.74, 6) is -0.530. The first-order valence-electron chi connectivity index (χ1n) is 6.93. The van der Waals surface area contributed by atoms with Crippen molar-refractivity contribution >= 4 is 17.7 Å². The predicted octanol–water partition coefficient (Wildman–Crippen LogP) is 4.92. The van der Waals surface area contributed by atoms with Crippen LogP contribution in [0.2, 0.25) is 0 Å². The fourth-order valence-corrected chi connectivity index (χ4v) is 2.50. The third-order valence-corrected chi connectivity index (χ3v) is 4.16. The second-order valence-corrected chi connectivity index (χ2v) is 5.93. The van der Waals surface area contributed by atoms with Gasteiger partial charge in [0.05, 0.1) is 11.6 Å². The van der Waals surface area contributed by atoms with Crippen molar-refractivity contribution in [2.45, 2.75) is 24.0 Å². The molecule has 0 aromatic heterocycles. The Morgan fingerprint density at radius 2 is 1.78 bits per heavy atom. The van der Waals surface area contributed by atoms with Crippen molar-refractivity contribution in [1.82, 2.24) is 5.32 Å². The van der Waals surface area contributed by atoms with Crippen LogP contribution in [-0.4, -0.2) is 12.2 Å². The number of rotatable bonds is 4. The third kappa shape index (κ3) is 4.51. The van der Waals surface area contributed by atoms with Crippen LogP contribution in [0, 0.1) is 0 Å². The highest BCUT2D eigenvalue weighted by molar-refractivity contribution is 7.98. The van der Waals surface area contributed by atoms with Crippen LogP contribution in [0.15, 0.2) is 53.4 Å². The first-order valence-corrected chi connectivity index (χ1v) is 8.16. The average Bonchev–Trinajstić information content (AvgIpc) is 2.54. The monoisotopic (exact) mass is 339 g/mol. The summed E-state index contributed by atoms with van der Waals surface area (Å²) in [5.41, 5.74) is 0.0534. The Balaban J connectivity index is 2.11. The van der Waals surface area contributed by atoms with Crippen molar-refractivity contribution in [3.8, 4) is 0 Å². The summed E-state index contributed by atoms with van der Waals surface area (Å²) in [4.78, 5) is 13.3. The lowest BCUT2D eigenvalue weighted by Gasteiger charge is -2.15. The molecule has 2 nitrogen and oxygen atoms in total. The molecule has 2 rings (SSSR count). The second-order valence-electron chi connectivity index (χ2n) is 5.05. The molecule has 122 valence electrons. The molecule has 0 aliphatic heterocycles. The molecule has 0 unspecified atom stereocenters. The van der Waals surface area contributed by atoms with Crippen LogP contribution in [0.25, 0.3) is 0 Å². The summed E-state index contributed by atoms with van der Waals surface area (Å²) in [6, 6.07) is 11.8. The minimum absolute atomic E-state index is 0.00703. The van der Waals surface area contributed by atoms with Crippen molar-refractivity contribution in [2.24, 2.45) is 0 Å². The number of benzene rings is 2. The summed E-state index contributed by atoms with van der Waals surface area (Å²) >= 11 is 1.61. The molecule has 0 fully saturated rings. The molecule has 1 N–H and O–H groups in total. The third-order valence-electron chi connectivity index (χ3n) is 3.42. The normalized spacial score (nSPS) is 12.7. The molecule has 23 heavy (non-hydrogen) atoms. The summed E-state index contributed by atoms with van der Waals surface area (Å²) < 4.78 is 38.1. The largest absolute Gasteiger partial charge is 0.416 e. The van der Waals surface area contributed by atoms with E-state index in [1.165, 1.54) is 12.1 Å². The van der Waals surface area contributed by atoms with Crippen molar-refractivity contribution in [2.75, 3.05) is 6.26 Å². The van der Waals surface area contributed by atoms with Gasteiger partial charge < -0.3 is 5.32 Å². The number of alkyl halides is 3. The van der Waals surface area contributed by atoms with Crippen LogP contribution in [0.3, 0.4) is 0 Å². The van der Waals surface area contributed by atoms with E-state index in [-0.39, 0.29) is 11.6 Å². The Morgan fingerprint density at radius 3 is 2.35 bits per heavy atom. The molecule has 0 aliphatic carbocycles. The molecular formula is C17H16F3NOS.